The van der Waals surface area contributed by atoms with Gasteiger partial charge in [-0.1, -0.05) is 6.08 Å². The van der Waals surface area contributed by atoms with E-state index in [-0.39, 0.29) is 6.10 Å². The van der Waals surface area contributed by atoms with Crippen LogP contribution >= 0.6 is 0 Å². The predicted molar refractivity (Wildman–Crippen MR) is 44.6 cm³/mol. The van der Waals surface area contributed by atoms with Crippen molar-refractivity contribution in [3.63, 3.8) is 0 Å². The van der Waals surface area contributed by atoms with Gasteiger partial charge in [0.15, 0.2) is 0 Å². The molecule has 1 unspecified atom stereocenters. The molecule has 1 aliphatic rings. The van der Waals surface area contributed by atoms with Crippen LogP contribution in [0, 0.1) is 0 Å². The zero-order chi connectivity index (χ0) is 8.10. The third-order valence-electron chi connectivity index (χ3n) is 1.94. The highest BCUT2D eigenvalue weighted by molar-refractivity contribution is 5.09. The lowest BCUT2D eigenvalue weighted by molar-refractivity contribution is 0.0840. The third-order valence-corrected chi connectivity index (χ3v) is 1.94. The first-order chi connectivity index (χ1) is 5.34. The van der Waals surface area contributed by atoms with Crippen LogP contribution in [-0.2, 0) is 9.47 Å². The summed E-state index contributed by atoms with van der Waals surface area (Å²) in [6.45, 7) is 6.52. The Kier molecular flexibility index (Phi) is 3.60. The smallest absolute Gasteiger partial charge is 0.0758 e. The molecule has 1 aliphatic heterocycles. The quantitative estimate of drug-likeness (QED) is 0.580. The Labute approximate surface area is 68.2 Å². The van der Waals surface area contributed by atoms with Gasteiger partial charge in [-0.05, 0) is 25.8 Å². The summed E-state index contributed by atoms with van der Waals surface area (Å²) in [5, 5.41) is 0. The Balaban J connectivity index is 2.37. The molecular formula is C9H16O2. The molecule has 0 aromatic rings. The van der Waals surface area contributed by atoms with Gasteiger partial charge in [-0.25, -0.2) is 0 Å². The molecule has 0 radical (unpaired) electrons. The summed E-state index contributed by atoms with van der Waals surface area (Å²) < 4.78 is 10.7. The van der Waals surface area contributed by atoms with Gasteiger partial charge in [-0.2, -0.15) is 0 Å². The van der Waals surface area contributed by atoms with Gasteiger partial charge in [0.05, 0.1) is 19.3 Å². The van der Waals surface area contributed by atoms with Crippen LogP contribution in [0.1, 0.15) is 20.3 Å². The molecule has 2 nitrogen and oxygen atoms in total. The van der Waals surface area contributed by atoms with Crippen molar-refractivity contribution in [1.82, 2.24) is 0 Å². The topological polar surface area (TPSA) is 18.5 Å². The largest absolute Gasteiger partial charge is 0.377 e. The van der Waals surface area contributed by atoms with E-state index in [1.165, 1.54) is 5.57 Å². The highest BCUT2D eigenvalue weighted by atomic mass is 16.5. The minimum absolute atomic E-state index is 0.281. The van der Waals surface area contributed by atoms with E-state index < -0.39 is 0 Å². The average molecular weight is 156 g/mol. The highest BCUT2D eigenvalue weighted by Crippen LogP contribution is 2.14. The van der Waals surface area contributed by atoms with Crippen molar-refractivity contribution in [2.75, 3.05) is 19.8 Å². The van der Waals surface area contributed by atoms with E-state index in [1.807, 2.05) is 6.92 Å². The molecule has 11 heavy (non-hydrogen) atoms. The van der Waals surface area contributed by atoms with Crippen LogP contribution in [0.4, 0.5) is 0 Å². The molecule has 1 rings (SSSR count). The first kappa shape index (κ1) is 8.75. The molecule has 0 N–H and O–H groups in total. The average Bonchev–Trinajstić information content (AvgIpc) is 2.07. The lowest BCUT2D eigenvalue weighted by atomic mass is 10.1. The number of ether oxygens (including phenoxy) is 2. The monoisotopic (exact) mass is 156 g/mol. The van der Waals surface area contributed by atoms with Crippen molar-refractivity contribution < 1.29 is 9.47 Å². The maximum atomic E-state index is 5.46. The van der Waals surface area contributed by atoms with Gasteiger partial charge in [-0.3, -0.25) is 0 Å². The van der Waals surface area contributed by atoms with Gasteiger partial charge >= 0.3 is 0 Å². The first-order valence-electron chi connectivity index (χ1n) is 4.23. The molecule has 0 spiro atoms. The number of hydrogen-bond donors (Lipinski definition) is 0. The molecule has 0 saturated heterocycles. The number of hydrogen-bond acceptors (Lipinski definition) is 2. The summed E-state index contributed by atoms with van der Waals surface area (Å²) in [5.74, 6) is 0. The molecule has 1 atom stereocenters. The molecule has 0 aliphatic carbocycles. The minimum Gasteiger partial charge on any atom is -0.377 e. The van der Waals surface area contributed by atoms with Crippen molar-refractivity contribution in [2.45, 2.75) is 26.4 Å². The van der Waals surface area contributed by atoms with Gasteiger partial charge < -0.3 is 9.47 Å². The summed E-state index contributed by atoms with van der Waals surface area (Å²) >= 11 is 0. The first-order valence-corrected chi connectivity index (χ1v) is 4.23. The maximum Gasteiger partial charge on any atom is 0.0758 e. The SMILES string of the molecule is CCOC(C)C1=CCOCC1. The maximum absolute atomic E-state index is 5.46. The van der Waals surface area contributed by atoms with Crippen LogP contribution in [0.5, 0.6) is 0 Å². The fourth-order valence-corrected chi connectivity index (χ4v) is 1.27. The predicted octanol–water partition coefficient (Wildman–Crippen LogP) is 1.76. The van der Waals surface area contributed by atoms with E-state index in [4.69, 9.17) is 9.47 Å². The van der Waals surface area contributed by atoms with Crippen molar-refractivity contribution in [1.29, 1.82) is 0 Å². The van der Waals surface area contributed by atoms with E-state index in [9.17, 15) is 0 Å². The van der Waals surface area contributed by atoms with E-state index >= 15 is 0 Å². The Bertz CT molecular complexity index is 140. The van der Waals surface area contributed by atoms with Gasteiger partial charge in [0.1, 0.15) is 0 Å². The fraction of sp³-hybridized carbons (Fsp3) is 0.778. The van der Waals surface area contributed by atoms with Crippen LogP contribution in [0.25, 0.3) is 0 Å². The van der Waals surface area contributed by atoms with Crippen molar-refractivity contribution in [3.05, 3.63) is 11.6 Å². The molecule has 64 valence electrons. The standard InChI is InChI=1S/C9H16O2/c1-3-11-8(2)9-4-6-10-7-5-9/h4,8H,3,5-7H2,1-2H3. The lowest BCUT2D eigenvalue weighted by Gasteiger charge is -2.19. The molecule has 0 amide bonds. The van der Waals surface area contributed by atoms with Gasteiger partial charge in [-0.15, -0.1) is 0 Å². The second-order valence-electron chi connectivity index (χ2n) is 2.70. The van der Waals surface area contributed by atoms with E-state index in [0.29, 0.717) is 0 Å². The van der Waals surface area contributed by atoms with Crippen molar-refractivity contribution in [2.24, 2.45) is 0 Å². The Morgan fingerprint density at radius 2 is 2.55 bits per heavy atom. The minimum atomic E-state index is 0.281. The van der Waals surface area contributed by atoms with Crippen LogP contribution in [0.2, 0.25) is 0 Å². The van der Waals surface area contributed by atoms with E-state index in [0.717, 1.165) is 26.2 Å². The molecule has 0 bridgehead atoms. The normalized spacial score (nSPS) is 21.1. The summed E-state index contributed by atoms with van der Waals surface area (Å²) in [4.78, 5) is 0. The summed E-state index contributed by atoms with van der Waals surface area (Å²) in [6, 6.07) is 0. The second-order valence-corrected chi connectivity index (χ2v) is 2.70. The molecule has 0 fully saturated rings. The molecule has 1 heterocycles. The van der Waals surface area contributed by atoms with Crippen LogP contribution in [-0.4, -0.2) is 25.9 Å². The zero-order valence-corrected chi connectivity index (χ0v) is 7.30. The number of rotatable bonds is 3. The Morgan fingerprint density at radius 1 is 1.73 bits per heavy atom. The van der Waals surface area contributed by atoms with Crippen LogP contribution in [0.3, 0.4) is 0 Å². The van der Waals surface area contributed by atoms with Crippen LogP contribution < -0.4 is 0 Å². The Morgan fingerprint density at radius 3 is 3.09 bits per heavy atom. The third kappa shape index (κ3) is 2.64. The summed E-state index contributed by atoms with van der Waals surface area (Å²) in [6.07, 6.45) is 3.44. The molecule has 0 aromatic heterocycles. The van der Waals surface area contributed by atoms with Gasteiger partial charge in [0, 0.05) is 6.61 Å². The Hall–Kier alpha value is -0.340. The summed E-state index contributed by atoms with van der Waals surface area (Å²) in [5.41, 5.74) is 1.39. The summed E-state index contributed by atoms with van der Waals surface area (Å²) in [7, 11) is 0. The molecule has 0 aromatic carbocycles. The second kappa shape index (κ2) is 4.52. The van der Waals surface area contributed by atoms with Crippen molar-refractivity contribution >= 4 is 0 Å². The lowest BCUT2D eigenvalue weighted by Crippen LogP contribution is -2.16. The molecular weight excluding hydrogens is 140 g/mol. The van der Waals surface area contributed by atoms with E-state index in [2.05, 4.69) is 13.0 Å². The molecule has 2 heteroatoms. The zero-order valence-electron chi connectivity index (χ0n) is 7.30. The van der Waals surface area contributed by atoms with E-state index in [1.54, 1.807) is 0 Å². The van der Waals surface area contributed by atoms with Crippen LogP contribution in [0.15, 0.2) is 11.6 Å². The highest BCUT2D eigenvalue weighted by Gasteiger charge is 2.10. The van der Waals surface area contributed by atoms with Crippen molar-refractivity contribution in [3.8, 4) is 0 Å². The fourth-order valence-electron chi connectivity index (χ4n) is 1.27. The van der Waals surface area contributed by atoms with Gasteiger partial charge in [0.25, 0.3) is 0 Å². The van der Waals surface area contributed by atoms with Gasteiger partial charge in [0.2, 0.25) is 0 Å². The molecule has 0 saturated carbocycles.